The Kier molecular flexibility index (Phi) is 8.18. The van der Waals surface area contributed by atoms with Crippen molar-refractivity contribution in [2.24, 2.45) is 0 Å². The Bertz CT molecular complexity index is 382. The van der Waals surface area contributed by atoms with Crippen molar-refractivity contribution < 1.29 is 14.2 Å². The Morgan fingerprint density at radius 1 is 1.23 bits per heavy atom. The molecule has 0 amide bonds. The summed E-state index contributed by atoms with van der Waals surface area (Å²) in [6.07, 6.45) is 7.13. The topological polar surface area (TPSA) is 27.7 Å². The number of alkyl halides is 1. The lowest BCUT2D eigenvalue weighted by atomic mass is 10.0. The second kappa shape index (κ2) is 9.62. The van der Waals surface area contributed by atoms with E-state index in [1.54, 1.807) is 0 Å². The van der Waals surface area contributed by atoms with E-state index in [2.05, 4.69) is 35.7 Å². The molecule has 3 nitrogen and oxygen atoms in total. The number of hydrogen-bond donors (Lipinski definition) is 0. The van der Waals surface area contributed by atoms with Gasteiger partial charge in [0.2, 0.25) is 0 Å². The van der Waals surface area contributed by atoms with E-state index in [9.17, 15) is 0 Å². The zero-order valence-corrected chi connectivity index (χ0v) is 16.0. The van der Waals surface area contributed by atoms with Gasteiger partial charge in [-0.1, -0.05) is 13.2 Å². The maximum Gasteiger partial charge on any atom is 0.157 e. The molecule has 2 saturated heterocycles. The van der Waals surface area contributed by atoms with Gasteiger partial charge in [0.05, 0.1) is 25.4 Å². The van der Waals surface area contributed by atoms with Crippen LogP contribution in [0.5, 0.6) is 0 Å². The summed E-state index contributed by atoms with van der Waals surface area (Å²) < 4.78 is 18.2. The van der Waals surface area contributed by atoms with E-state index in [4.69, 9.17) is 25.8 Å². The fraction of sp³-hybridized carbons (Fsp3) is 0.765. The van der Waals surface area contributed by atoms with E-state index in [0.717, 1.165) is 44.9 Å². The highest BCUT2D eigenvalue weighted by Gasteiger charge is 2.30. The first-order valence-electron chi connectivity index (χ1n) is 8.08. The van der Waals surface area contributed by atoms with Gasteiger partial charge in [-0.2, -0.15) is 0 Å². The minimum Gasteiger partial charge on any atom is -0.370 e. The summed E-state index contributed by atoms with van der Waals surface area (Å²) in [5.74, 6) is 0. The summed E-state index contributed by atoms with van der Waals surface area (Å²) >= 11 is 8.63. The Hall–Kier alpha value is 0.380. The summed E-state index contributed by atoms with van der Waals surface area (Å²) in [5.41, 5.74) is 1.21. The monoisotopic (exact) mass is 440 g/mol. The molecule has 0 spiro atoms. The molecule has 0 bridgehead atoms. The van der Waals surface area contributed by atoms with Crippen LogP contribution in [0.3, 0.4) is 0 Å². The van der Waals surface area contributed by atoms with Crippen molar-refractivity contribution in [1.82, 2.24) is 0 Å². The average Bonchev–Trinajstić information content (AvgIpc) is 3.10. The van der Waals surface area contributed by atoms with Crippen molar-refractivity contribution in [3.05, 3.63) is 22.3 Å². The fourth-order valence-electron chi connectivity index (χ4n) is 2.93. The molecule has 2 aliphatic heterocycles. The summed E-state index contributed by atoms with van der Waals surface area (Å²) in [5, 5.41) is 0.197. The number of rotatable bonds is 9. The van der Waals surface area contributed by atoms with Crippen LogP contribution in [0, 0.1) is 0 Å². The second-order valence-corrected chi connectivity index (χ2v) is 8.23. The van der Waals surface area contributed by atoms with Gasteiger partial charge in [0.15, 0.2) is 6.29 Å². The third-order valence-corrected chi connectivity index (χ3v) is 5.16. The van der Waals surface area contributed by atoms with Crippen molar-refractivity contribution in [2.45, 2.75) is 68.8 Å². The van der Waals surface area contributed by atoms with Gasteiger partial charge in [0.25, 0.3) is 0 Å². The fourth-order valence-corrected chi connectivity index (χ4v) is 3.47. The quantitative estimate of drug-likeness (QED) is 0.288. The van der Waals surface area contributed by atoms with Crippen molar-refractivity contribution >= 4 is 34.2 Å². The first kappa shape index (κ1) is 18.7. The molecule has 0 unspecified atom stereocenters. The Morgan fingerprint density at radius 2 is 1.95 bits per heavy atom. The number of hydrogen-bond acceptors (Lipinski definition) is 3. The normalized spacial score (nSPS) is 27.5. The molecule has 0 aliphatic carbocycles. The number of ether oxygens (including phenoxy) is 3. The molecule has 0 radical (unpaired) electrons. The Morgan fingerprint density at radius 3 is 2.64 bits per heavy atom. The predicted molar refractivity (Wildman–Crippen MR) is 98.6 cm³/mol. The van der Waals surface area contributed by atoms with Crippen LogP contribution >= 0.6 is 34.2 Å². The van der Waals surface area contributed by atoms with Crippen LogP contribution in [-0.2, 0) is 14.2 Å². The van der Waals surface area contributed by atoms with Gasteiger partial charge in [0.1, 0.15) is 0 Å². The molecule has 126 valence electrons. The molecule has 0 aromatic carbocycles. The molecule has 2 heterocycles. The smallest absolute Gasteiger partial charge is 0.157 e. The van der Waals surface area contributed by atoms with Gasteiger partial charge in [-0.3, -0.25) is 0 Å². The summed E-state index contributed by atoms with van der Waals surface area (Å²) in [6, 6.07) is 0. The lowest BCUT2D eigenvalue weighted by Gasteiger charge is -2.16. The van der Waals surface area contributed by atoms with Crippen LogP contribution in [-0.4, -0.2) is 37.1 Å². The largest absolute Gasteiger partial charge is 0.370 e. The van der Waals surface area contributed by atoms with Crippen LogP contribution < -0.4 is 0 Å². The lowest BCUT2D eigenvalue weighted by Crippen LogP contribution is -2.16. The van der Waals surface area contributed by atoms with Crippen LogP contribution in [0.2, 0.25) is 0 Å². The summed E-state index contributed by atoms with van der Waals surface area (Å²) in [7, 11) is 0. The van der Waals surface area contributed by atoms with Crippen molar-refractivity contribution in [2.75, 3.05) is 13.2 Å². The molecule has 2 fully saturated rings. The summed E-state index contributed by atoms with van der Waals surface area (Å²) in [4.78, 5) is 0. The van der Waals surface area contributed by atoms with Crippen molar-refractivity contribution in [1.29, 1.82) is 0 Å². The standard InChI is InChI=1S/C17H26ClIO3/c1-12-11-15(6-8-17-20-9-10-21-17)22-16(12)7-5-14(18)4-3-13(2)19/h14-17H,1-11H2/t14-,15+,16+/m1/s1. The van der Waals surface area contributed by atoms with E-state index in [1.807, 2.05) is 0 Å². The van der Waals surface area contributed by atoms with E-state index < -0.39 is 0 Å². The zero-order valence-electron chi connectivity index (χ0n) is 13.1. The van der Waals surface area contributed by atoms with Crippen molar-refractivity contribution in [3.63, 3.8) is 0 Å². The molecule has 0 aromatic heterocycles. The van der Waals surface area contributed by atoms with Gasteiger partial charge in [-0.25, -0.2) is 0 Å². The van der Waals surface area contributed by atoms with Gasteiger partial charge in [-0.05, 0) is 70.3 Å². The van der Waals surface area contributed by atoms with Crippen LogP contribution in [0.25, 0.3) is 0 Å². The molecule has 5 heteroatoms. The molecule has 0 aromatic rings. The Balaban J connectivity index is 1.62. The van der Waals surface area contributed by atoms with Crippen LogP contribution in [0.1, 0.15) is 44.9 Å². The van der Waals surface area contributed by atoms with Crippen LogP contribution in [0.4, 0.5) is 0 Å². The highest BCUT2D eigenvalue weighted by molar-refractivity contribution is 14.1. The van der Waals surface area contributed by atoms with Gasteiger partial charge in [-0.15, -0.1) is 11.6 Å². The molecule has 3 atom stereocenters. The molecule has 2 aliphatic rings. The Labute approximate surface area is 152 Å². The van der Waals surface area contributed by atoms with E-state index in [1.165, 1.54) is 9.15 Å². The van der Waals surface area contributed by atoms with Gasteiger partial charge < -0.3 is 14.2 Å². The van der Waals surface area contributed by atoms with Crippen LogP contribution in [0.15, 0.2) is 22.3 Å². The highest BCUT2D eigenvalue weighted by atomic mass is 127. The number of halogens is 2. The summed E-state index contributed by atoms with van der Waals surface area (Å²) in [6.45, 7) is 9.51. The highest BCUT2D eigenvalue weighted by Crippen LogP contribution is 2.32. The first-order chi connectivity index (χ1) is 10.5. The molecule has 0 N–H and O–H groups in total. The van der Waals surface area contributed by atoms with Crippen molar-refractivity contribution in [3.8, 4) is 0 Å². The van der Waals surface area contributed by atoms with E-state index in [-0.39, 0.29) is 23.9 Å². The molecule has 0 saturated carbocycles. The zero-order chi connectivity index (χ0) is 15.9. The molecule has 2 rings (SSSR count). The average molecular weight is 441 g/mol. The molecule has 22 heavy (non-hydrogen) atoms. The second-order valence-electron chi connectivity index (χ2n) is 6.09. The van der Waals surface area contributed by atoms with Gasteiger partial charge >= 0.3 is 0 Å². The first-order valence-corrected chi connectivity index (χ1v) is 9.59. The molecular formula is C17H26ClIO3. The maximum atomic E-state index is 6.37. The minimum absolute atomic E-state index is 0.0375. The molecular weight excluding hydrogens is 415 g/mol. The van der Waals surface area contributed by atoms with Gasteiger partial charge in [0, 0.05) is 11.8 Å². The van der Waals surface area contributed by atoms with E-state index >= 15 is 0 Å². The van der Waals surface area contributed by atoms with E-state index in [0.29, 0.717) is 13.2 Å². The maximum absolute atomic E-state index is 6.37. The number of allylic oxidation sites excluding steroid dienone is 1. The SMILES string of the molecule is C=C(I)CC[C@@H](Cl)CC[C@@H]1O[C@@H](CCC2OCCO2)CC1=C. The third-order valence-electron chi connectivity index (χ3n) is 4.19. The predicted octanol–water partition coefficient (Wildman–Crippen LogP) is 4.97. The third kappa shape index (κ3) is 6.48. The minimum atomic E-state index is -0.0375. The lowest BCUT2D eigenvalue weighted by molar-refractivity contribution is -0.0585.